The van der Waals surface area contributed by atoms with Gasteiger partial charge in [-0.25, -0.2) is 4.79 Å². The van der Waals surface area contributed by atoms with Gasteiger partial charge in [0.15, 0.2) is 0 Å². The van der Waals surface area contributed by atoms with Crippen LogP contribution in [0.4, 0.5) is 0 Å². The number of hydrogen-bond donors (Lipinski definition) is 4. The molecular weight excluding hydrogens is 354 g/mol. The van der Waals surface area contributed by atoms with Crippen molar-refractivity contribution in [3.8, 4) is 28.0 Å². The van der Waals surface area contributed by atoms with E-state index in [4.69, 9.17) is 4.74 Å². The molecule has 0 saturated carbocycles. The highest BCUT2D eigenvalue weighted by atomic mass is 16.5. The van der Waals surface area contributed by atoms with Gasteiger partial charge in [0.1, 0.15) is 11.4 Å². The van der Waals surface area contributed by atoms with E-state index in [1.54, 1.807) is 12.1 Å². The van der Waals surface area contributed by atoms with Gasteiger partial charge in [-0.15, -0.1) is 0 Å². The number of ether oxygens (including phenoxy) is 1. The van der Waals surface area contributed by atoms with Crippen LogP contribution in [0.3, 0.4) is 0 Å². The number of esters is 1. The van der Waals surface area contributed by atoms with E-state index < -0.39 is 5.97 Å². The standard InChI is InChI=1S/C22H17N3O3/c1-28-22(27)21-20(16-10-24-19-7-6-12(26)8-14(16)19)17(11-25-21)15-9-23-18-5-3-2-4-13(15)18/h2-11,23-26H,1H3. The third-order valence-corrected chi connectivity index (χ3v) is 5.08. The maximum absolute atomic E-state index is 12.5. The van der Waals surface area contributed by atoms with E-state index in [0.717, 1.165) is 44.1 Å². The van der Waals surface area contributed by atoms with Crippen molar-refractivity contribution in [2.45, 2.75) is 0 Å². The molecule has 0 amide bonds. The van der Waals surface area contributed by atoms with E-state index >= 15 is 0 Å². The van der Waals surface area contributed by atoms with Gasteiger partial charge in [0.2, 0.25) is 0 Å². The first-order valence-electron chi connectivity index (χ1n) is 8.84. The minimum atomic E-state index is -0.449. The zero-order valence-corrected chi connectivity index (χ0v) is 15.0. The molecule has 0 atom stereocenters. The summed E-state index contributed by atoms with van der Waals surface area (Å²) in [4.78, 5) is 22.0. The van der Waals surface area contributed by atoms with Crippen molar-refractivity contribution in [1.29, 1.82) is 0 Å². The minimum absolute atomic E-state index is 0.164. The lowest BCUT2D eigenvalue weighted by molar-refractivity contribution is 0.0596. The number of methoxy groups -OCH3 is 1. The summed E-state index contributed by atoms with van der Waals surface area (Å²) in [7, 11) is 1.36. The molecular formula is C22H17N3O3. The second kappa shape index (κ2) is 6.06. The van der Waals surface area contributed by atoms with Gasteiger partial charge in [0.05, 0.1) is 7.11 Å². The number of fused-ring (bicyclic) bond motifs is 2. The van der Waals surface area contributed by atoms with Crippen LogP contribution in [0.1, 0.15) is 10.5 Å². The lowest BCUT2D eigenvalue weighted by atomic mass is 9.96. The number of nitrogens with one attached hydrogen (secondary N) is 3. The zero-order chi connectivity index (χ0) is 19.3. The number of aromatic hydroxyl groups is 1. The number of rotatable bonds is 3. The van der Waals surface area contributed by atoms with Crippen molar-refractivity contribution >= 4 is 27.8 Å². The number of carbonyl (C=O) groups excluding carboxylic acids is 1. The number of phenols is 1. The van der Waals surface area contributed by atoms with E-state index in [1.807, 2.05) is 48.9 Å². The Bertz CT molecular complexity index is 1340. The van der Waals surface area contributed by atoms with Gasteiger partial charge in [-0.05, 0) is 24.3 Å². The Morgan fingerprint density at radius 3 is 2.39 bits per heavy atom. The van der Waals surface area contributed by atoms with Crippen LogP contribution < -0.4 is 0 Å². The van der Waals surface area contributed by atoms with Crippen molar-refractivity contribution in [3.05, 3.63) is 66.7 Å². The third-order valence-electron chi connectivity index (χ3n) is 5.08. The SMILES string of the molecule is COC(=O)c1[nH]cc(-c2c[nH]c3ccccc23)c1-c1c[nH]c2ccc(O)cc12. The maximum atomic E-state index is 12.5. The van der Waals surface area contributed by atoms with Gasteiger partial charge in [0, 0.05) is 62.7 Å². The number of carbonyl (C=O) groups is 1. The predicted molar refractivity (Wildman–Crippen MR) is 108 cm³/mol. The fraction of sp³-hybridized carbons (Fsp3) is 0.0455. The highest BCUT2D eigenvalue weighted by molar-refractivity contribution is 6.10. The van der Waals surface area contributed by atoms with Gasteiger partial charge >= 0.3 is 5.97 Å². The molecule has 6 nitrogen and oxygen atoms in total. The van der Waals surface area contributed by atoms with Crippen LogP contribution in [0.2, 0.25) is 0 Å². The molecule has 0 aliphatic heterocycles. The van der Waals surface area contributed by atoms with Crippen molar-refractivity contribution in [1.82, 2.24) is 15.0 Å². The second-order valence-electron chi connectivity index (χ2n) is 6.62. The highest BCUT2D eigenvalue weighted by Gasteiger charge is 2.24. The first-order chi connectivity index (χ1) is 13.7. The van der Waals surface area contributed by atoms with Crippen LogP contribution in [0.25, 0.3) is 44.1 Å². The Morgan fingerprint density at radius 1 is 0.857 bits per heavy atom. The van der Waals surface area contributed by atoms with Crippen LogP contribution in [0.5, 0.6) is 5.75 Å². The second-order valence-corrected chi connectivity index (χ2v) is 6.62. The predicted octanol–water partition coefficient (Wildman–Crippen LogP) is 4.80. The lowest BCUT2D eigenvalue weighted by Gasteiger charge is -2.06. The molecule has 0 aliphatic carbocycles. The molecule has 0 unspecified atom stereocenters. The molecule has 0 saturated heterocycles. The molecule has 3 aromatic heterocycles. The number of aromatic amines is 3. The summed E-state index contributed by atoms with van der Waals surface area (Å²) < 4.78 is 4.99. The first-order valence-corrected chi connectivity index (χ1v) is 8.84. The minimum Gasteiger partial charge on any atom is -0.508 e. The smallest absolute Gasteiger partial charge is 0.355 e. The molecule has 4 N–H and O–H groups in total. The quantitative estimate of drug-likeness (QED) is 0.343. The molecule has 0 bridgehead atoms. The van der Waals surface area contributed by atoms with Crippen LogP contribution in [-0.2, 0) is 4.74 Å². The van der Waals surface area contributed by atoms with Crippen molar-refractivity contribution in [2.75, 3.05) is 7.11 Å². The van der Waals surface area contributed by atoms with E-state index in [1.165, 1.54) is 7.11 Å². The molecule has 28 heavy (non-hydrogen) atoms. The van der Waals surface area contributed by atoms with Crippen LogP contribution in [0, 0.1) is 0 Å². The fourth-order valence-corrected chi connectivity index (χ4v) is 3.79. The molecule has 0 radical (unpaired) electrons. The van der Waals surface area contributed by atoms with E-state index in [0.29, 0.717) is 5.69 Å². The van der Waals surface area contributed by atoms with E-state index in [9.17, 15) is 9.90 Å². The van der Waals surface area contributed by atoms with Crippen LogP contribution in [0.15, 0.2) is 61.1 Å². The summed E-state index contributed by atoms with van der Waals surface area (Å²) >= 11 is 0. The number of hydrogen-bond acceptors (Lipinski definition) is 3. The first kappa shape index (κ1) is 16.3. The number of aromatic nitrogens is 3. The molecule has 0 spiro atoms. The van der Waals surface area contributed by atoms with Gasteiger partial charge in [-0.3, -0.25) is 0 Å². The van der Waals surface area contributed by atoms with Gasteiger partial charge in [-0.1, -0.05) is 18.2 Å². The Labute approximate surface area is 159 Å². The molecule has 6 heteroatoms. The third kappa shape index (κ3) is 2.31. The highest BCUT2D eigenvalue weighted by Crippen LogP contribution is 2.41. The Hall–Kier alpha value is -3.93. The molecule has 0 fully saturated rings. The van der Waals surface area contributed by atoms with Gasteiger partial charge < -0.3 is 24.8 Å². The molecule has 138 valence electrons. The average Bonchev–Trinajstić information content (AvgIpc) is 3.42. The van der Waals surface area contributed by atoms with Crippen molar-refractivity contribution in [3.63, 3.8) is 0 Å². The van der Waals surface area contributed by atoms with Crippen LogP contribution in [-0.4, -0.2) is 33.1 Å². The Morgan fingerprint density at radius 2 is 1.57 bits per heavy atom. The largest absolute Gasteiger partial charge is 0.508 e. The normalized spacial score (nSPS) is 11.3. The van der Waals surface area contributed by atoms with E-state index in [2.05, 4.69) is 15.0 Å². The number of H-pyrrole nitrogens is 3. The number of para-hydroxylation sites is 1. The Kier molecular flexibility index (Phi) is 3.52. The number of phenolic OH excluding ortho intramolecular Hbond substituents is 1. The topological polar surface area (TPSA) is 93.9 Å². The summed E-state index contributed by atoms with van der Waals surface area (Å²) in [5.74, 6) is -0.284. The summed E-state index contributed by atoms with van der Waals surface area (Å²) in [5.41, 5.74) is 5.65. The van der Waals surface area contributed by atoms with Crippen molar-refractivity contribution < 1.29 is 14.6 Å². The molecule has 0 aliphatic rings. The van der Waals surface area contributed by atoms with Gasteiger partial charge in [-0.2, -0.15) is 0 Å². The Balaban J connectivity index is 1.84. The zero-order valence-electron chi connectivity index (χ0n) is 15.0. The molecule has 3 heterocycles. The molecule has 5 rings (SSSR count). The monoisotopic (exact) mass is 371 g/mol. The van der Waals surface area contributed by atoms with Gasteiger partial charge in [0.25, 0.3) is 0 Å². The van der Waals surface area contributed by atoms with Crippen LogP contribution >= 0.6 is 0 Å². The lowest BCUT2D eigenvalue weighted by Crippen LogP contribution is -2.03. The van der Waals surface area contributed by atoms with E-state index in [-0.39, 0.29) is 5.75 Å². The summed E-state index contributed by atoms with van der Waals surface area (Å²) in [6.45, 7) is 0. The average molecular weight is 371 g/mol. The molecule has 2 aromatic carbocycles. The number of benzene rings is 2. The summed E-state index contributed by atoms with van der Waals surface area (Å²) in [5, 5.41) is 11.9. The summed E-state index contributed by atoms with van der Waals surface area (Å²) in [6, 6.07) is 13.1. The van der Waals surface area contributed by atoms with Crippen molar-refractivity contribution in [2.24, 2.45) is 0 Å². The fourth-order valence-electron chi connectivity index (χ4n) is 3.79. The molecule has 5 aromatic rings. The summed E-state index contributed by atoms with van der Waals surface area (Å²) in [6.07, 6.45) is 5.60. The maximum Gasteiger partial charge on any atom is 0.355 e.